The summed E-state index contributed by atoms with van der Waals surface area (Å²) < 4.78 is 24.1. The number of nitrogens with two attached hydrogens (primary N) is 1. The SMILES string of the molecule is NS(=O)(=O)c1ccc(CNC(=O)c2cnc3sc4c(n3c2=O)CCCC4)cc1. The number of aryl methyl sites for hydroxylation is 2. The number of benzene rings is 1. The smallest absolute Gasteiger partial charge is 0.271 e. The Morgan fingerprint density at radius 2 is 1.93 bits per heavy atom. The highest BCUT2D eigenvalue weighted by Crippen LogP contribution is 2.28. The Balaban J connectivity index is 1.56. The Morgan fingerprint density at radius 3 is 2.64 bits per heavy atom. The van der Waals surface area contributed by atoms with E-state index in [1.807, 2.05) is 0 Å². The van der Waals surface area contributed by atoms with Crippen molar-refractivity contribution in [2.24, 2.45) is 5.14 Å². The van der Waals surface area contributed by atoms with E-state index in [-0.39, 0.29) is 22.6 Å². The maximum atomic E-state index is 12.9. The van der Waals surface area contributed by atoms with E-state index in [4.69, 9.17) is 5.14 Å². The van der Waals surface area contributed by atoms with Crippen molar-refractivity contribution in [3.8, 4) is 0 Å². The molecule has 0 atom stereocenters. The molecule has 1 amide bonds. The number of thiazole rings is 1. The van der Waals surface area contributed by atoms with Gasteiger partial charge in [0.15, 0.2) is 4.96 Å². The van der Waals surface area contributed by atoms with Gasteiger partial charge in [-0.15, -0.1) is 11.3 Å². The maximum Gasteiger partial charge on any atom is 0.271 e. The number of amides is 1. The second-order valence-corrected chi connectivity index (χ2v) is 9.27. The van der Waals surface area contributed by atoms with Crippen molar-refractivity contribution in [3.63, 3.8) is 0 Å². The third-order valence-corrected chi connectivity index (χ3v) is 6.84. The van der Waals surface area contributed by atoms with Crippen LogP contribution in [0.1, 0.15) is 39.3 Å². The Labute approximate surface area is 165 Å². The molecular formula is C18H18N4O4S2. The van der Waals surface area contributed by atoms with Gasteiger partial charge in [0.05, 0.1) is 4.90 Å². The summed E-state index contributed by atoms with van der Waals surface area (Å²) in [4.78, 5) is 31.5. The maximum absolute atomic E-state index is 12.9. The van der Waals surface area contributed by atoms with Crippen LogP contribution in [0.2, 0.25) is 0 Å². The zero-order chi connectivity index (χ0) is 19.9. The van der Waals surface area contributed by atoms with Crippen LogP contribution in [0, 0.1) is 0 Å². The molecule has 3 aromatic rings. The lowest BCUT2D eigenvalue weighted by Gasteiger charge is -2.10. The van der Waals surface area contributed by atoms with Gasteiger partial charge in [-0.05, 0) is 43.4 Å². The van der Waals surface area contributed by atoms with Gasteiger partial charge in [-0.25, -0.2) is 18.5 Å². The van der Waals surface area contributed by atoms with Gasteiger partial charge in [-0.3, -0.25) is 14.0 Å². The van der Waals surface area contributed by atoms with E-state index in [0.29, 0.717) is 10.5 Å². The monoisotopic (exact) mass is 418 g/mol. The summed E-state index contributed by atoms with van der Waals surface area (Å²) in [6.07, 6.45) is 5.21. The van der Waals surface area contributed by atoms with E-state index in [0.717, 1.165) is 31.4 Å². The third kappa shape index (κ3) is 3.46. The topological polar surface area (TPSA) is 124 Å². The first-order valence-corrected chi connectivity index (χ1v) is 11.1. The first kappa shape index (κ1) is 18.8. The Hall–Kier alpha value is -2.56. The fourth-order valence-corrected chi connectivity index (χ4v) is 4.98. The molecule has 3 N–H and O–H groups in total. The normalized spacial score (nSPS) is 14.0. The van der Waals surface area contributed by atoms with Gasteiger partial charge in [-0.2, -0.15) is 0 Å². The largest absolute Gasteiger partial charge is 0.348 e. The lowest BCUT2D eigenvalue weighted by Crippen LogP contribution is -2.31. The fourth-order valence-electron chi connectivity index (χ4n) is 3.30. The van der Waals surface area contributed by atoms with Crippen molar-refractivity contribution in [2.75, 3.05) is 0 Å². The number of hydrogen-bond acceptors (Lipinski definition) is 6. The number of primary sulfonamides is 1. The van der Waals surface area contributed by atoms with E-state index >= 15 is 0 Å². The summed E-state index contributed by atoms with van der Waals surface area (Å²) in [5, 5.41) is 7.75. The summed E-state index contributed by atoms with van der Waals surface area (Å²) in [5.74, 6) is -0.516. The van der Waals surface area contributed by atoms with Crippen molar-refractivity contribution < 1.29 is 13.2 Å². The minimum absolute atomic E-state index is 0.00213. The van der Waals surface area contributed by atoms with E-state index in [2.05, 4.69) is 10.3 Å². The number of hydrogen-bond donors (Lipinski definition) is 2. The number of carbonyl (C=O) groups is 1. The van der Waals surface area contributed by atoms with Crippen LogP contribution >= 0.6 is 11.3 Å². The molecule has 0 saturated heterocycles. The number of rotatable bonds is 4. The molecular weight excluding hydrogens is 400 g/mol. The second-order valence-electron chi connectivity index (χ2n) is 6.65. The predicted octanol–water partition coefficient (Wildman–Crippen LogP) is 1.21. The second kappa shape index (κ2) is 7.12. The molecule has 0 saturated carbocycles. The molecule has 2 heterocycles. The van der Waals surface area contributed by atoms with Gasteiger partial charge in [-0.1, -0.05) is 12.1 Å². The van der Waals surface area contributed by atoms with Crippen LogP contribution < -0.4 is 16.0 Å². The summed E-state index contributed by atoms with van der Waals surface area (Å²) in [7, 11) is -3.76. The summed E-state index contributed by atoms with van der Waals surface area (Å²) in [5.41, 5.74) is 1.29. The number of nitrogens with zero attached hydrogens (tertiary/aromatic N) is 2. The molecule has 1 aliphatic carbocycles. The first-order valence-electron chi connectivity index (χ1n) is 8.77. The molecule has 0 unspecified atom stereocenters. The number of sulfonamides is 1. The summed E-state index contributed by atoms with van der Waals surface area (Å²) in [6, 6.07) is 5.86. The molecule has 0 spiro atoms. The summed E-state index contributed by atoms with van der Waals surface area (Å²) >= 11 is 1.51. The number of fused-ring (bicyclic) bond motifs is 3. The Kier molecular flexibility index (Phi) is 4.77. The van der Waals surface area contributed by atoms with Crippen molar-refractivity contribution in [3.05, 3.63) is 62.5 Å². The molecule has 1 aromatic carbocycles. The minimum Gasteiger partial charge on any atom is -0.348 e. The van der Waals surface area contributed by atoms with Gasteiger partial charge < -0.3 is 5.32 Å². The van der Waals surface area contributed by atoms with Crippen LogP contribution in [0.4, 0.5) is 0 Å². The van der Waals surface area contributed by atoms with Crippen molar-refractivity contribution >= 4 is 32.2 Å². The quantitative estimate of drug-likeness (QED) is 0.659. The molecule has 0 radical (unpaired) electrons. The van der Waals surface area contributed by atoms with Crippen LogP contribution in [-0.2, 0) is 29.4 Å². The average molecular weight is 419 g/mol. The molecule has 4 rings (SSSR count). The van der Waals surface area contributed by atoms with Crippen LogP contribution in [0.25, 0.3) is 4.96 Å². The molecule has 1 aliphatic rings. The first-order chi connectivity index (χ1) is 13.3. The fraction of sp³-hybridized carbons (Fsp3) is 0.278. The van der Waals surface area contributed by atoms with Crippen molar-refractivity contribution in [1.29, 1.82) is 0 Å². The Morgan fingerprint density at radius 1 is 1.21 bits per heavy atom. The van der Waals surface area contributed by atoms with Gasteiger partial charge >= 0.3 is 0 Å². The number of carbonyl (C=O) groups excluding carboxylic acids is 1. The highest BCUT2D eigenvalue weighted by Gasteiger charge is 2.21. The summed E-state index contributed by atoms with van der Waals surface area (Å²) in [6.45, 7) is 0.146. The van der Waals surface area contributed by atoms with Crippen LogP contribution in [0.3, 0.4) is 0 Å². The van der Waals surface area contributed by atoms with Gasteiger partial charge in [0.2, 0.25) is 10.0 Å². The van der Waals surface area contributed by atoms with E-state index < -0.39 is 15.9 Å². The van der Waals surface area contributed by atoms with Crippen molar-refractivity contribution in [2.45, 2.75) is 37.1 Å². The van der Waals surface area contributed by atoms with E-state index in [1.54, 1.807) is 16.5 Å². The number of nitrogens with one attached hydrogen (secondary N) is 1. The number of aromatic nitrogens is 2. The van der Waals surface area contributed by atoms with E-state index in [9.17, 15) is 18.0 Å². The lowest BCUT2D eigenvalue weighted by atomic mass is 10.0. The van der Waals surface area contributed by atoms with Crippen LogP contribution in [0.15, 0.2) is 40.2 Å². The molecule has 0 fully saturated rings. The zero-order valence-electron chi connectivity index (χ0n) is 14.8. The minimum atomic E-state index is -3.76. The molecule has 28 heavy (non-hydrogen) atoms. The van der Waals surface area contributed by atoms with Crippen LogP contribution in [-0.4, -0.2) is 23.7 Å². The molecule has 146 valence electrons. The highest BCUT2D eigenvalue weighted by molar-refractivity contribution is 7.89. The van der Waals surface area contributed by atoms with Gasteiger partial charge in [0.25, 0.3) is 11.5 Å². The Bertz CT molecular complexity index is 1230. The predicted molar refractivity (Wildman–Crippen MR) is 105 cm³/mol. The average Bonchev–Trinajstić information content (AvgIpc) is 3.05. The lowest BCUT2D eigenvalue weighted by molar-refractivity contribution is 0.0949. The van der Waals surface area contributed by atoms with E-state index in [1.165, 1.54) is 34.5 Å². The van der Waals surface area contributed by atoms with Gasteiger partial charge in [0, 0.05) is 23.3 Å². The van der Waals surface area contributed by atoms with Crippen molar-refractivity contribution in [1.82, 2.24) is 14.7 Å². The van der Waals surface area contributed by atoms with Gasteiger partial charge in [0.1, 0.15) is 5.56 Å². The molecule has 0 bridgehead atoms. The molecule has 0 aliphatic heterocycles. The molecule has 8 nitrogen and oxygen atoms in total. The standard InChI is InChI=1S/C18H18N4O4S2/c19-28(25,26)12-7-5-11(6-8-12)9-20-16(23)13-10-21-18-22(17(13)24)14-3-1-2-4-15(14)27-18/h5-8,10H,1-4,9H2,(H,20,23)(H2,19,25,26). The highest BCUT2D eigenvalue weighted by atomic mass is 32.2. The molecule has 10 heteroatoms. The zero-order valence-corrected chi connectivity index (χ0v) is 16.5. The van der Waals surface area contributed by atoms with Crippen LogP contribution in [0.5, 0.6) is 0 Å². The third-order valence-electron chi connectivity index (χ3n) is 4.75. The molecule has 2 aromatic heterocycles.